The zero-order valence-corrected chi connectivity index (χ0v) is 11.9. The highest BCUT2D eigenvalue weighted by Crippen LogP contribution is 2.26. The lowest BCUT2D eigenvalue weighted by Crippen LogP contribution is -1.97. The molecule has 0 fully saturated rings. The molecule has 0 aliphatic carbocycles. The fourth-order valence-corrected chi connectivity index (χ4v) is 2.14. The number of benzene rings is 1. The second-order valence-corrected chi connectivity index (χ2v) is 6.31. The van der Waals surface area contributed by atoms with Gasteiger partial charge in [-0.05, 0) is 31.2 Å². The fourth-order valence-electron chi connectivity index (χ4n) is 1.38. The lowest BCUT2D eigenvalue weighted by atomic mass is 10.3. The van der Waals surface area contributed by atoms with E-state index < -0.39 is 9.84 Å². The minimum Gasteiger partial charge on any atom is -0.439 e. The van der Waals surface area contributed by atoms with Crippen LogP contribution < -0.4 is 4.74 Å². The maximum Gasteiger partial charge on any atom is 0.226 e. The summed E-state index contributed by atoms with van der Waals surface area (Å²) in [7, 11) is -3.21. The summed E-state index contributed by atoms with van der Waals surface area (Å²) >= 11 is 5.85. The Kier molecular flexibility index (Phi) is 3.73. The van der Waals surface area contributed by atoms with Crippen LogP contribution in [0.3, 0.4) is 0 Å². The van der Waals surface area contributed by atoms with Gasteiger partial charge in [0.2, 0.25) is 5.88 Å². The highest BCUT2D eigenvalue weighted by Gasteiger charge is 2.09. The Bertz CT molecular complexity index is 699. The van der Waals surface area contributed by atoms with Gasteiger partial charge in [-0.3, -0.25) is 0 Å². The number of hydrogen-bond acceptors (Lipinski definition) is 5. The summed E-state index contributed by atoms with van der Waals surface area (Å²) in [4.78, 5) is 8.03. The van der Waals surface area contributed by atoms with E-state index in [0.717, 1.165) is 6.26 Å². The molecule has 0 aliphatic rings. The smallest absolute Gasteiger partial charge is 0.226 e. The third-order valence-electron chi connectivity index (χ3n) is 2.44. The van der Waals surface area contributed by atoms with E-state index in [2.05, 4.69) is 9.97 Å². The Morgan fingerprint density at radius 2 is 1.79 bits per heavy atom. The third-order valence-corrected chi connectivity index (χ3v) is 3.95. The largest absolute Gasteiger partial charge is 0.439 e. The fraction of sp³-hybridized carbons (Fsp3) is 0.167. The first-order chi connectivity index (χ1) is 8.88. The molecule has 0 unspecified atom stereocenters. The van der Waals surface area contributed by atoms with Crippen LogP contribution in [0.1, 0.15) is 5.56 Å². The maximum atomic E-state index is 11.3. The average Bonchev–Trinajstić information content (AvgIpc) is 2.35. The molecule has 0 radical (unpaired) electrons. The number of nitrogens with zero attached hydrogens (tertiary/aromatic N) is 2. The van der Waals surface area contributed by atoms with Crippen molar-refractivity contribution in [1.82, 2.24) is 9.97 Å². The van der Waals surface area contributed by atoms with Gasteiger partial charge in [0.25, 0.3) is 0 Å². The summed E-state index contributed by atoms with van der Waals surface area (Å²) in [6.07, 6.45) is 2.45. The molecule has 7 heteroatoms. The first kappa shape index (κ1) is 13.8. The van der Waals surface area contributed by atoms with Crippen molar-refractivity contribution in [2.45, 2.75) is 11.8 Å². The topological polar surface area (TPSA) is 69.2 Å². The van der Waals surface area contributed by atoms with Crippen LogP contribution in [-0.4, -0.2) is 24.6 Å². The summed E-state index contributed by atoms with van der Waals surface area (Å²) in [6, 6.07) is 6.07. The van der Waals surface area contributed by atoms with Gasteiger partial charge in [0.15, 0.2) is 9.84 Å². The quantitative estimate of drug-likeness (QED) is 0.815. The minimum absolute atomic E-state index is 0.234. The Balaban J connectivity index is 2.27. The summed E-state index contributed by atoms with van der Waals surface area (Å²) in [5, 5.41) is 0.317. The van der Waals surface area contributed by atoms with Crippen molar-refractivity contribution >= 4 is 21.4 Å². The normalized spacial score (nSPS) is 11.3. The monoisotopic (exact) mass is 298 g/mol. The number of rotatable bonds is 3. The van der Waals surface area contributed by atoms with Crippen molar-refractivity contribution in [1.29, 1.82) is 0 Å². The van der Waals surface area contributed by atoms with Crippen LogP contribution in [0.2, 0.25) is 5.15 Å². The molecule has 2 aromatic rings. The van der Waals surface area contributed by atoms with E-state index in [1.165, 1.54) is 18.5 Å². The van der Waals surface area contributed by atoms with Crippen LogP contribution in [0.25, 0.3) is 0 Å². The van der Waals surface area contributed by atoms with Crippen molar-refractivity contribution in [3.8, 4) is 11.6 Å². The molecule has 5 nitrogen and oxygen atoms in total. The van der Waals surface area contributed by atoms with Crippen LogP contribution in [0.5, 0.6) is 11.6 Å². The Morgan fingerprint density at radius 1 is 1.16 bits per heavy atom. The van der Waals surface area contributed by atoms with Gasteiger partial charge in [0.05, 0.1) is 4.90 Å². The summed E-state index contributed by atoms with van der Waals surface area (Å²) in [5.41, 5.74) is 0.622. The summed E-state index contributed by atoms with van der Waals surface area (Å²) in [5.74, 6) is 0.817. The van der Waals surface area contributed by atoms with Gasteiger partial charge in [0, 0.05) is 11.8 Å². The highest BCUT2D eigenvalue weighted by molar-refractivity contribution is 7.90. The van der Waals surface area contributed by atoms with Crippen LogP contribution in [0, 0.1) is 6.92 Å². The predicted molar refractivity (Wildman–Crippen MR) is 71.4 cm³/mol. The first-order valence-corrected chi connectivity index (χ1v) is 7.60. The van der Waals surface area contributed by atoms with Gasteiger partial charge in [0.1, 0.15) is 17.2 Å². The van der Waals surface area contributed by atoms with Gasteiger partial charge in [-0.1, -0.05) is 11.6 Å². The third kappa shape index (κ3) is 3.21. The maximum absolute atomic E-state index is 11.3. The molecule has 1 aromatic carbocycles. The summed E-state index contributed by atoms with van der Waals surface area (Å²) in [6.45, 7) is 1.74. The van der Waals surface area contributed by atoms with E-state index in [0.29, 0.717) is 22.3 Å². The van der Waals surface area contributed by atoms with Crippen molar-refractivity contribution in [3.05, 3.63) is 41.3 Å². The summed E-state index contributed by atoms with van der Waals surface area (Å²) < 4.78 is 28.2. The lowest BCUT2D eigenvalue weighted by Gasteiger charge is -2.08. The van der Waals surface area contributed by atoms with E-state index in [-0.39, 0.29) is 4.90 Å². The molecule has 0 amide bonds. The van der Waals surface area contributed by atoms with Gasteiger partial charge < -0.3 is 4.74 Å². The molecule has 0 saturated carbocycles. The highest BCUT2D eigenvalue weighted by atomic mass is 35.5. The molecule has 0 aliphatic heterocycles. The molecule has 0 N–H and O–H groups in total. The zero-order valence-electron chi connectivity index (χ0n) is 10.3. The number of halogens is 1. The van der Waals surface area contributed by atoms with Gasteiger partial charge in [-0.2, -0.15) is 0 Å². The van der Waals surface area contributed by atoms with E-state index in [1.807, 2.05) is 0 Å². The van der Waals surface area contributed by atoms with Crippen molar-refractivity contribution in [2.75, 3.05) is 6.26 Å². The van der Waals surface area contributed by atoms with Crippen LogP contribution in [0.15, 0.2) is 35.5 Å². The SMILES string of the molecule is Cc1c(Cl)ncnc1Oc1ccc(S(C)(=O)=O)cc1. The molecule has 0 spiro atoms. The van der Waals surface area contributed by atoms with E-state index >= 15 is 0 Å². The molecule has 100 valence electrons. The molecule has 19 heavy (non-hydrogen) atoms. The average molecular weight is 299 g/mol. The molecule has 0 atom stereocenters. The second kappa shape index (κ2) is 5.14. The van der Waals surface area contributed by atoms with E-state index in [9.17, 15) is 8.42 Å². The molecule has 1 aromatic heterocycles. The van der Waals surface area contributed by atoms with Gasteiger partial charge in [-0.15, -0.1) is 0 Å². The van der Waals surface area contributed by atoms with Gasteiger partial charge in [-0.25, -0.2) is 18.4 Å². The Morgan fingerprint density at radius 3 is 2.37 bits per heavy atom. The van der Waals surface area contributed by atoms with Crippen LogP contribution in [0.4, 0.5) is 0 Å². The van der Waals surface area contributed by atoms with Crippen molar-refractivity contribution < 1.29 is 13.2 Å². The molecule has 1 heterocycles. The molecule has 0 bridgehead atoms. The van der Waals surface area contributed by atoms with Crippen molar-refractivity contribution in [3.63, 3.8) is 0 Å². The van der Waals surface area contributed by atoms with Crippen molar-refractivity contribution in [2.24, 2.45) is 0 Å². The zero-order chi connectivity index (χ0) is 14.0. The number of hydrogen-bond donors (Lipinski definition) is 0. The lowest BCUT2D eigenvalue weighted by molar-refractivity contribution is 0.457. The Hall–Kier alpha value is -1.66. The molecule has 0 saturated heterocycles. The van der Waals surface area contributed by atoms with Gasteiger partial charge >= 0.3 is 0 Å². The van der Waals surface area contributed by atoms with E-state index in [4.69, 9.17) is 16.3 Å². The second-order valence-electron chi connectivity index (χ2n) is 3.94. The number of sulfone groups is 1. The molecule has 2 rings (SSSR count). The molecular weight excluding hydrogens is 288 g/mol. The Labute approximate surface area is 116 Å². The van der Waals surface area contributed by atoms with Crippen LogP contribution >= 0.6 is 11.6 Å². The number of ether oxygens (including phenoxy) is 1. The predicted octanol–water partition coefficient (Wildman–Crippen LogP) is 2.63. The first-order valence-electron chi connectivity index (χ1n) is 5.33. The minimum atomic E-state index is -3.21. The van der Waals surface area contributed by atoms with Crippen LogP contribution in [-0.2, 0) is 9.84 Å². The number of aromatic nitrogens is 2. The standard InChI is InChI=1S/C12H11ClN2O3S/c1-8-11(13)14-7-15-12(8)18-9-3-5-10(6-4-9)19(2,16)17/h3-7H,1-2H3. The molecular formula is C12H11ClN2O3S. The van der Waals surface area contributed by atoms with E-state index in [1.54, 1.807) is 19.1 Å².